The minimum atomic E-state index is 0.547. The van der Waals surface area contributed by atoms with Crippen LogP contribution in [0.1, 0.15) is 51.0 Å². The second kappa shape index (κ2) is 5.33. The van der Waals surface area contributed by atoms with Gasteiger partial charge in [0.2, 0.25) is 0 Å². The predicted octanol–water partition coefficient (Wildman–Crippen LogP) is 4.22. The molecule has 1 nitrogen and oxygen atoms in total. The molecule has 2 atom stereocenters. The van der Waals surface area contributed by atoms with Crippen LogP contribution >= 0.6 is 11.3 Å². The van der Waals surface area contributed by atoms with Gasteiger partial charge in [-0.15, -0.1) is 11.3 Å². The average molecular weight is 237 g/mol. The zero-order valence-electron chi connectivity index (χ0n) is 10.6. The van der Waals surface area contributed by atoms with Gasteiger partial charge in [-0.05, 0) is 42.5 Å². The lowest BCUT2D eigenvalue weighted by Gasteiger charge is -2.27. The Balaban J connectivity index is 2.02. The Morgan fingerprint density at radius 1 is 1.44 bits per heavy atom. The molecule has 0 saturated heterocycles. The van der Waals surface area contributed by atoms with E-state index < -0.39 is 0 Å². The van der Waals surface area contributed by atoms with Crippen LogP contribution in [0, 0.1) is 11.8 Å². The first kappa shape index (κ1) is 12.1. The minimum absolute atomic E-state index is 0.547. The van der Waals surface area contributed by atoms with Crippen molar-refractivity contribution in [1.82, 2.24) is 5.32 Å². The first-order chi connectivity index (χ1) is 7.72. The van der Waals surface area contributed by atoms with E-state index in [0.29, 0.717) is 12.0 Å². The molecule has 0 bridgehead atoms. The third kappa shape index (κ3) is 2.86. The van der Waals surface area contributed by atoms with Crippen molar-refractivity contribution in [3.8, 4) is 0 Å². The second-order valence-corrected chi connectivity index (χ2v) is 6.24. The van der Waals surface area contributed by atoms with Crippen molar-refractivity contribution >= 4 is 11.3 Å². The van der Waals surface area contributed by atoms with Gasteiger partial charge in [0.05, 0.1) is 0 Å². The van der Waals surface area contributed by atoms with Gasteiger partial charge in [0.25, 0.3) is 0 Å². The number of hydrogen-bond donors (Lipinski definition) is 1. The van der Waals surface area contributed by atoms with Crippen LogP contribution in [0.5, 0.6) is 0 Å². The van der Waals surface area contributed by atoms with Gasteiger partial charge in [-0.3, -0.25) is 0 Å². The molecule has 2 rings (SSSR count). The zero-order chi connectivity index (χ0) is 11.5. The number of nitrogens with one attached hydrogen (secondary N) is 1. The standard InChI is InChI=1S/C14H23NS/c1-4-12(11-7-8-11)15-14(10(2)3)13-6-5-9-16-13/h5-6,9-12,14-15H,4,7-8H2,1-3H3. The van der Waals surface area contributed by atoms with Crippen LogP contribution in [0.15, 0.2) is 17.5 Å². The van der Waals surface area contributed by atoms with E-state index in [1.54, 1.807) is 0 Å². The first-order valence-corrected chi connectivity index (χ1v) is 7.39. The molecule has 0 aromatic carbocycles. The van der Waals surface area contributed by atoms with Gasteiger partial charge in [-0.25, -0.2) is 0 Å². The fourth-order valence-electron chi connectivity index (χ4n) is 2.39. The van der Waals surface area contributed by atoms with Crippen molar-refractivity contribution in [2.24, 2.45) is 11.8 Å². The summed E-state index contributed by atoms with van der Waals surface area (Å²) in [5, 5.41) is 6.06. The van der Waals surface area contributed by atoms with Crippen molar-refractivity contribution in [3.05, 3.63) is 22.4 Å². The molecule has 0 aliphatic heterocycles. The van der Waals surface area contributed by atoms with E-state index in [1.807, 2.05) is 11.3 Å². The second-order valence-electron chi connectivity index (χ2n) is 5.26. The largest absolute Gasteiger partial charge is 0.306 e. The SMILES string of the molecule is CCC(NC(c1cccs1)C(C)C)C1CC1. The number of rotatable bonds is 6. The molecule has 0 amide bonds. The van der Waals surface area contributed by atoms with Crippen molar-refractivity contribution in [1.29, 1.82) is 0 Å². The van der Waals surface area contributed by atoms with Gasteiger partial charge in [0, 0.05) is 17.0 Å². The molecule has 0 spiro atoms. The Kier molecular flexibility index (Phi) is 4.04. The fraction of sp³-hybridized carbons (Fsp3) is 0.714. The maximum atomic E-state index is 3.88. The molecule has 90 valence electrons. The predicted molar refractivity (Wildman–Crippen MR) is 71.8 cm³/mol. The molecule has 1 saturated carbocycles. The first-order valence-electron chi connectivity index (χ1n) is 6.51. The summed E-state index contributed by atoms with van der Waals surface area (Å²) in [4.78, 5) is 1.49. The lowest BCUT2D eigenvalue weighted by atomic mass is 9.99. The number of thiophene rings is 1. The maximum Gasteiger partial charge on any atom is 0.0440 e. The van der Waals surface area contributed by atoms with Crippen molar-refractivity contribution in [2.75, 3.05) is 0 Å². The monoisotopic (exact) mass is 237 g/mol. The highest BCUT2D eigenvalue weighted by atomic mass is 32.1. The third-order valence-corrected chi connectivity index (χ3v) is 4.50. The van der Waals surface area contributed by atoms with Crippen LogP contribution in [-0.4, -0.2) is 6.04 Å². The van der Waals surface area contributed by atoms with E-state index in [0.717, 1.165) is 12.0 Å². The highest BCUT2D eigenvalue weighted by Crippen LogP contribution is 2.36. The highest BCUT2D eigenvalue weighted by molar-refractivity contribution is 7.10. The molecule has 1 aromatic rings. The lowest BCUT2D eigenvalue weighted by Crippen LogP contribution is -2.36. The van der Waals surface area contributed by atoms with E-state index in [1.165, 1.54) is 24.1 Å². The Bertz CT molecular complexity index is 301. The summed E-state index contributed by atoms with van der Waals surface area (Å²) in [5.41, 5.74) is 0. The number of hydrogen-bond acceptors (Lipinski definition) is 2. The molecule has 2 unspecified atom stereocenters. The minimum Gasteiger partial charge on any atom is -0.306 e. The van der Waals surface area contributed by atoms with E-state index >= 15 is 0 Å². The summed E-state index contributed by atoms with van der Waals surface area (Å²) in [5.74, 6) is 1.62. The van der Waals surface area contributed by atoms with Gasteiger partial charge in [0.1, 0.15) is 0 Å². The van der Waals surface area contributed by atoms with E-state index in [4.69, 9.17) is 0 Å². The normalized spacial score (nSPS) is 20.0. The van der Waals surface area contributed by atoms with E-state index in [9.17, 15) is 0 Å². The van der Waals surface area contributed by atoms with E-state index in [2.05, 4.69) is 43.6 Å². The molecule has 1 fully saturated rings. The summed E-state index contributed by atoms with van der Waals surface area (Å²) >= 11 is 1.88. The third-order valence-electron chi connectivity index (χ3n) is 3.54. The van der Waals surface area contributed by atoms with Crippen molar-refractivity contribution in [3.63, 3.8) is 0 Å². The maximum absolute atomic E-state index is 3.88. The molecule has 1 heterocycles. The highest BCUT2D eigenvalue weighted by Gasteiger charge is 2.32. The average Bonchev–Trinajstić information content (AvgIpc) is 2.95. The van der Waals surface area contributed by atoms with Crippen LogP contribution < -0.4 is 5.32 Å². The fourth-order valence-corrected chi connectivity index (χ4v) is 3.35. The summed E-state index contributed by atoms with van der Waals surface area (Å²) in [6, 6.07) is 5.71. The quantitative estimate of drug-likeness (QED) is 0.781. The van der Waals surface area contributed by atoms with E-state index in [-0.39, 0.29) is 0 Å². The lowest BCUT2D eigenvalue weighted by molar-refractivity contribution is 0.335. The van der Waals surface area contributed by atoms with Crippen LogP contribution in [0.25, 0.3) is 0 Å². The van der Waals surface area contributed by atoms with Crippen molar-refractivity contribution in [2.45, 2.75) is 52.1 Å². The smallest absolute Gasteiger partial charge is 0.0440 e. The van der Waals surface area contributed by atoms with Gasteiger partial charge in [-0.1, -0.05) is 26.8 Å². The Labute approximate surface area is 103 Å². The Morgan fingerprint density at radius 3 is 2.62 bits per heavy atom. The van der Waals surface area contributed by atoms with Crippen LogP contribution in [0.3, 0.4) is 0 Å². The van der Waals surface area contributed by atoms with Gasteiger partial charge in [-0.2, -0.15) is 0 Å². The van der Waals surface area contributed by atoms with Crippen LogP contribution in [-0.2, 0) is 0 Å². The molecular weight excluding hydrogens is 214 g/mol. The topological polar surface area (TPSA) is 12.0 Å². The molecule has 0 radical (unpaired) electrons. The van der Waals surface area contributed by atoms with Crippen LogP contribution in [0.4, 0.5) is 0 Å². The molecule has 1 aliphatic rings. The Morgan fingerprint density at radius 2 is 2.19 bits per heavy atom. The van der Waals surface area contributed by atoms with Crippen molar-refractivity contribution < 1.29 is 0 Å². The molecular formula is C14H23NS. The molecule has 2 heteroatoms. The summed E-state index contributed by atoms with van der Waals surface area (Å²) in [7, 11) is 0. The molecule has 1 N–H and O–H groups in total. The van der Waals surface area contributed by atoms with Crippen LogP contribution in [0.2, 0.25) is 0 Å². The summed E-state index contributed by atoms with van der Waals surface area (Å²) < 4.78 is 0. The molecule has 1 aromatic heterocycles. The molecule has 1 aliphatic carbocycles. The zero-order valence-corrected chi connectivity index (χ0v) is 11.4. The summed E-state index contributed by atoms with van der Waals surface area (Å²) in [6.07, 6.45) is 4.13. The van der Waals surface area contributed by atoms with Gasteiger partial charge < -0.3 is 5.32 Å². The molecule has 16 heavy (non-hydrogen) atoms. The van der Waals surface area contributed by atoms with Gasteiger partial charge in [0.15, 0.2) is 0 Å². The van der Waals surface area contributed by atoms with Gasteiger partial charge >= 0.3 is 0 Å². The summed E-state index contributed by atoms with van der Waals surface area (Å²) in [6.45, 7) is 6.94. The Hall–Kier alpha value is -0.340.